The Balaban J connectivity index is 1.48. The summed E-state index contributed by atoms with van der Waals surface area (Å²) in [5.74, 6) is 0.136. The lowest BCUT2D eigenvalue weighted by Crippen LogP contribution is -2.29. The molecule has 12 nitrogen and oxygen atoms in total. The molecule has 0 aliphatic carbocycles. The molecule has 0 saturated carbocycles. The van der Waals surface area contributed by atoms with E-state index in [-0.39, 0.29) is 41.2 Å². The lowest BCUT2D eigenvalue weighted by molar-refractivity contribution is -0.130. The molecule has 0 radical (unpaired) electrons. The lowest BCUT2D eigenvalue weighted by atomic mass is 10.0. The van der Waals surface area contributed by atoms with Crippen LogP contribution in [0, 0.1) is 0 Å². The Kier molecular flexibility index (Phi) is 7.91. The molecule has 2 bridgehead atoms. The number of carbonyl (C=O) groups excluding carboxylic acids is 2. The van der Waals surface area contributed by atoms with Crippen LogP contribution in [-0.4, -0.2) is 68.1 Å². The molecule has 2 aliphatic rings. The molecule has 5 rings (SSSR count). The first kappa shape index (κ1) is 27.1. The molecule has 1 unspecified atom stereocenters. The molecule has 40 heavy (non-hydrogen) atoms. The van der Waals surface area contributed by atoms with Gasteiger partial charge in [0.05, 0.1) is 28.4 Å². The number of fused-ring (bicyclic) bond motifs is 2. The fourth-order valence-corrected chi connectivity index (χ4v) is 5.49. The van der Waals surface area contributed by atoms with Crippen molar-refractivity contribution in [1.29, 1.82) is 0 Å². The Labute approximate surface area is 231 Å². The number of aromatic nitrogens is 2. The number of amides is 2. The maximum atomic E-state index is 13.0. The van der Waals surface area contributed by atoms with Gasteiger partial charge in [0.15, 0.2) is 0 Å². The summed E-state index contributed by atoms with van der Waals surface area (Å²) < 4.78 is 34.5. The normalized spacial score (nSPS) is 18.0. The topological polar surface area (TPSA) is 155 Å². The number of hydrogen-bond acceptors (Lipinski definition) is 9. The van der Waals surface area contributed by atoms with E-state index < -0.39 is 15.9 Å². The van der Waals surface area contributed by atoms with E-state index in [1.54, 1.807) is 48.3 Å². The average molecular weight is 564 g/mol. The van der Waals surface area contributed by atoms with E-state index in [0.717, 1.165) is 0 Å². The molecule has 1 aromatic heterocycles. The molecule has 3 N–H and O–H groups in total. The molecule has 0 saturated heterocycles. The highest BCUT2D eigenvalue weighted by atomic mass is 32.2. The molecular formula is C27H29N7O5S. The van der Waals surface area contributed by atoms with Gasteiger partial charge in [-0.15, -0.1) is 0 Å². The largest absolute Gasteiger partial charge is 0.491 e. The van der Waals surface area contributed by atoms with Crippen molar-refractivity contribution in [1.82, 2.24) is 14.9 Å². The minimum absolute atomic E-state index is 0.0224. The first-order valence-electron chi connectivity index (χ1n) is 12.8. The SMILES string of the molecule is CN1CCCNc2ncnc3c2C(C=Nc2ccc(NS(=O)(=O)c4ccccc4)c(c2)OCCCC1=O)C(=O)N3. The zero-order valence-corrected chi connectivity index (χ0v) is 22.6. The summed E-state index contributed by atoms with van der Waals surface area (Å²) in [7, 11) is -2.13. The van der Waals surface area contributed by atoms with E-state index in [1.165, 1.54) is 24.7 Å². The number of anilines is 3. The number of rotatable bonds is 3. The van der Waals surface area contributed by atoms with Crippen LogP contribution < -0.4 is 20.1 Å². The molecule has 0 fully saturated rings. The fraction of sp³-hybridized carbons (Fsp3) is 0.296. The summed E-state index contributed by atoms with van der Waals surface area (Å²) in [5.41, 5.74) is 1.26. The van der Waals surface area contributed by atoms with E-state index in [9.17, 15) is 18.0 Å². The molecular weight excluding hydrogens is 534 g/mol. The summed E-state index contributed by atoms with van der Waals surface area (Å²) in [6, 6.07) is 12.8. The van der Waals surface area contributed by atoms with E-state index in [1.807, 2.05) is 0 Å². The van der Waals surface area contributed by atoms with Gasteiger partial charge in [0.1, 0.15) is 29.6 Å². The summed E-state index contributed by atoms with van der Waals surface area (Å²) in [6.07, 6.45) is 4.28. The number of nitrogens with one attached hydrogen (secondary N) is 3. The standard InChI is InChI=1S/C27H29N7O5S/c1-34-13-6-12-28-25-24-20(27(36)32-26(24)31-17-30-25)16-29-18-10-11-21(22(15-18)39-14-5-9-23(34)35)33-40(37,38)19-7-3-2-4-8-19/h2-4,7-8,10-11,15-17,20,33H,5-6,9,12-14H2,1H3,(H2,28,30,31,32,36). The predicted molar refractivity (Wildman–Crippen MR) is 151 cm³/mol. The highest BCUT2D eigenvalue weighted by molar-refractivity contribution is 7.92. The first-order chi connectivity index (χ1) is 19.3. The van der Waals surface area contributed by atoms with Gasteiger partial charge in [0.2, 0.25) is 11.8 Å². The van der Waals surface area contributed by atoms with Crippen LogP contribution in [0.3, 0.4) is 0 Å². The van der Waals surface area contributed by atoms with Crippen molar-refractivity contribution in [2.45, 2.75) is 30.1 Å². The van der Waals surface area contributed by atoms with Gasteiger partial charge in [-0.25, -0.2) is 18.4 Å². The monoisotopic (exact) mass is 563 g/mol. The van der Waals surface area contributed by atoms with Gasteiger partial charge in [0.25, 0.3) is 10.0 Å². The number of hydrogen-bond donors (Lipinski definition) is 3. The van der Waals surface area contributed by atoms with Gasteiger partial charge in [-0.2, -0.15) is 0 Å². The maximum Gasteiger partial charge on any atom is 0.262 e. The van der Waals surface area contributed by atoms with Crippen molar-refractivity contribution in [2.24, 2.45) is 4.99 Å². The van der Waals surface area contributed by atoms with Gasteiger partial charge in [0, 0.05) is 38.8 Å². The van der Waals surface area contributed by atoms with Crippen LogP contribution in [0.1, 0.15) is 30.7 Å². The molecule has 13 heteroatoms. The molecule has 0 spiro atoms. The third-order valence-electron chi connectivity index (χ3n) is 6.54. The highest BCUT2D eigenvalue weighted by Crippen LogP contribution is 2.36. The maximum absolute atomic E-state index is 13.0. The number of sulfonamides is 1. The highest BCUT2D eigenvalue weighted by Gasteiger charge is 2.33. The van der Waals surface area contributed by atoms with Crippen LogP contribution in [0.25, 0.3) is 0 Å². The fourth-order valence-electron chi connectivity index (χ4n) is 4.40. The molecule has 3 aromatic rings. The second kappa shape index (κ2) is 11.7. The van der Waals surface area contributed by atoms with E-state index >= 15 is 0 Å². The Hall–Kier alpha value is -4.52. The minimum Gasteiger partial charge on any atom is -0.491 e. The number of aliphatic imine (C=N–C) groups is 1. The summed E-state index contributed by atoms with van der Waals surface area (Å²) in [5, 5.41) is 6.02. The summed E-state index contributed by atoms with van der Waals surface area (Å²) in [4.78, 5) is 40.2. The number of carbonyl (C=O) groups is 2. The van der Waals surface area contributed by atoms with Crippen molar-refractivity contribution in [2.75, 3.05) is 42.1 Å². The first-order valence-corrected chi connectivity index (χ1v) is 14.3. The second-order valence-corrected chi connectivity index (χ2v) is 11.1. The van der Waals surface area contributed by atoms with Crippen molar-refractivity contribution in [3.8, 4) is 5.75 Å². The van der Waals surface area contributed by atoms with Crippen molar-refractivity contribution in [3.05, 3.63) is 60.4 Å². The van der Waals surface area contributed by atoms with E-state index in [4.69, 9.17) is 4.74 Å². The molecule has 2 amide bonds. The molecule has 208 valence electrons. The predicted octanol–water partition coefficient (Wildman–Crippen LogP) is 3.15. The molecule has 2 aliphatic heterocycles. The van der Waals surface area contributed by atoms with Crippen molar-refractivity contribution in [3.63, 3.8) is 0 Å². The van der Waals surface area contributed by atoms with E-state index in [0.29, 0.717) is 48.8 Å². The van der Waals surface area contributed by atoms with Gasteiger partial charge in [-0.05, 0) is 37.1 Å². The Bertz CT molecular complexity index is 1550. The zero-order valence-electron chi connectivity index (χ0n) is 21.8. The molecule has 2 aromatic carbocycles. The van der Waals surface area contributed by atoms with Gasteiger partial charge in [-0.3, -0.25) is 19.3 Å². The summed E-state index contributed by atoms with van der Waals surface area (Å²) in [6.45, 7) is 1.27. The lowest BCUT2D eigenvalue weighted by Gasteiger charge is -2.18. The van der Waals surface area contributed by atoms with Crippen LogP contribution in [0.2, 0.25) is 0 Å². The zero-order chi connectivity index (χ0) is 28.1. The Morgan fingerprint density at radius 2 is 1.85 bits per heavy atom. The average Bonchev–Trinajstić information content (AvgIpc) is 3.28. The molecule has 1 atom stereocenters. The van der Waals surface area contributed by atoms with Crippen LogP contribution in [-0.2, 0) is 19.6 Å². The van der Waals surface area contributed by atoms with Crippen LogP contribution >= 0.6 is 0 Å². The minimum atomic E-state index is -3.88. The quantitative estimate of drug-likeness (QED) is 0.439. The third kappa shape index (κ3) is 6.04. The van der Waals surface area contributed by atoms with Crippen LogP contribution in [0.15, 0.2) is 64.7 Å². The smallest absolute Gasteiger partial charge is 0.262 e. The molecule has 3 heterocycles. The Morgan fingerprint density at radius 3 is 2.67 bits per heavy atom. The second-order valence-electron chi connectivity index (χ2n) is 9.38. The number of benzene rings is 2. The van der Waals surface area contributed by atoms with Crippen molar-refractivity contribution < 1.29 is 22.7 Å². The van der Waals surface area contributed by atoms with Crippen molar-refractivity contribution >= 4 is 51.1 Å². The summed E-state index contributed by atoms with van der Waals surface area (Å²) >= 11 is 0. The van der Waals surface area contributed by atoms with Crippen LogP contribution in [0.5, 0.6) is 5.75 Å². The third-order valence-corrected chi connectivity index (χ3v) is 7.92. The number of nitrogens with zero attached hydrogens (tertiary/aromatic N) is 4. The van der Waals surface area contributed by atoms with E-state index in [2.05, 4.69) is 30.3 Å². The Morgan fingerprint density at radius 1 is 1.05 bits per heavy atom. The van der Waals surface area contributed by atoms with Gasteiger partial charge >= 0.3 is 0 Å². The van der Waals surface area contributed by atoms with Gasteiger partial charge < -0.3 is 20.3 Å². The number of ether oxygens (including phenoxy) is 1. The van der Waals surface area contributed by atoms with Gasteiger partial charge in [-0.1, -0.05) is 18.2 Å². The van der Waals surface area contributed by atoms with Crippen LogP contribution in [0.4, 0.5) is 23.0 Å².